The van der Waals surface area contributed by atoms with Gasteiger partial charge in [-0.3, -0.25) is 9.59 Å². The molecule has 0 fully saturated rings. The molecule has 0 aromatic heterocycles. The summed E-state index contributed by atoms with van der Waals surface area (Å²) in [5.74, 6) is -0.359. The number of nitrogens with one attached hydrogen (secondary N) is 1. The average Bonchev–Trinajstić information content (AvgIpc) is 2.29. The zero-order chi connectivity index (χ0) is 14.9. The van der Waals surface area contributed by atoms with E-state index in [0.717, 1.165) is 0 Å². The van der Waals surface area contributed by atoms with Crippen molar-refractivity contribution in [2.45, 2.75) is 33.2 Å². The number of hydrogen-bond donors (Lipinski definition) is 1. The highest BCUT2D eigenvalue weighted by Crippen LogP contribution is 1.99. The first-order valence-corrected chi connectivity index (χ1v) is 6.45. The van der Waals surface area contributed by atoms with Crippen molar-refractivity contribution in [1.82, 2.24) is 10.2 Å². The van der Waals surface area contributed by atoms with E-state index in [-0.39, 0.29) is 30.5 Å². The highest BCUT2D eigenvalue weighted by molar-refractivity contribution is 5.85. The fourth-order valence-corrected chi connectivity index (χ4v) is 1.40. The SMILES string of the molecule is CCN(CC(=O)NC(C)(C)C)C(=O)COCCOC. The Morgan fingerprint density at radius 3 is 2.32 bits per heavy atom. The molecule has 0 radical (unpaired) electrons. The van der Waals surface area contributed by atoms with Crippen molar-refractivity contribution in [3.05, 3.63) is 0 Å². The van der Waals surface area contributed by atoms with Crippen LogP contribution in [-0.4, -0.2) is 62.3 Å². The summed E-state index contributed by atoms with van der Waals surface area (Å²) in [7, 11) is 1.57. The van der Waals surface area contributed by atoms with Crippen LogP contribution in [0, 0.1) is 0 Å². The van der Waals surface area contributed by atoms with Gasteiger partial charge in [0.2, 0.25) is 11.8 Å². The van der Waals surface area contributed by atoms with Gasteiger partial charge < -0.3 is 19.7 Å². The number of rotatable bonds is 8. The van der Waals surface area contributed by atoms with Crippen LogP contribution in [0.15, 0.2) is 0 Å². The summed E-state index contributed by atoms with van der Waals surface area (Å²) < 4.78 is 9.97. The third-order valence-electron chi connectivity index (χ3n) is 2.24. The quantitative estimate of drug-likeness (QED) is 0.651. The predicted octanol–water partition coefficient (Wildman–Crippen LogP) is 0.413. The zero-order valence-electron chi connectivity index (χ0n) is 12.6. The van der Waals surface area contributed by atoms with Gasteiger partial charge in [0, 0.05) is 19.2 Å². The molecule has 19 heavy (non-hydrogen) atoms. The van der Waals surface area contributed by atoms with Crippen LogP contribution in [0.25, 0.3) is 0 Å². The topological polar surface area (TPSA) is 67.9 Å². The Morgan fingerprint density at radius 2 is 1.84 bits per heavy atom. The molecule has 6 heteroatoms. The van der Waals surface area contributed by atoms with Crippen LogP contribution in [0.5, 0.6) is 0 Å². The zero-order valence-corrected chi connectivity index (χ0v) is 12.6. The minimum Gasteiger partial charge on any atom is -0.382 e. The molecular weight excluding hydrogens is 248 g/mol. The number of hydrogen-bond acceptors (Lipinski definition) is 4. The Morgan fingerprint density at radius 1 is 1.21 bits per heavy atom. The molecule has 0 aromatic rings. The van der Waals surface area contributed by atoms with E-state index >= 15 is 0 Å². The maximum Gasteiger partial charge on any atom is 0.249 e. The normalized spacial score (nSPS) is 11.2. The van der Waals surface area contributed by atoms with E-state index in [1.807, 2.05) is 27.7 Å². The van der Waals surface area contributed by atoms with Crippen LogP contribution < -0.4 is 5.32 Å². The molecule has 1 N–H and O–H groups in total. The number of methoxy groups -OCH3 is 1. The number of likely N-dealkylation sites (N-methyl/N-ethyl adjacent to an activating group) is 1. The fraction of sp³-hybridized carbons (Fsp3) is 0.846. The van der Waals surface area contributed by atoms with Gasteiger partial charge >= 0.3 is 0 Å². The van der Waals surface area contributed by atoms with Gasteiger partial charge in [-0.05, 0) is 27.7 Å². The maximum atomic E-state index is 11.8. The highest BCUT2D eigenvalue weighted by atomic mass is 16.5. The number of ether oxygens (including phenoxy) is 2. The lowest BCUT2D eigenvalue weighted by molar-refractivity contribution is -0.140. The Hall–Kier alpha value is -1.14. The van der Waals surface area contributed by atoms with E-state index in [1.165, 1.54) is 4.90 Å². The van der Waals surface area contributed by atoms with E-state index in [1.54, 1.807) is 7.11 Å². The smallest absolute Gasteiger partial charge is 0.249 e. The third-order valence-corrected chi connectivity index (χ3v) is 2.24. The second kappa shape index (κ2) is 8.87. The molecule has 0 aromatic carbocycles. The molecule has 0 spiro atoms. The summed E-state index contributed by atoms with van der Waals surface area (Å²) in [5.41, 5.74) is -0.297. The first-order valence-electron chi connectivity index (χ1n) is 6.45. The lowest BCUT2D eigenvalue weighted by atomic mass is 10.1. The second-order valence-corrected chi connectivity index (χ2v) is 5.25. The number of carbonyl (C=O) groups is 2. The van der Waals surface area contributed by atoms with Crippen LogP contribution in [0.3, 0.4) is 0 Å². The van der Waals surface area contributed by atoms with E-state index in [4.69, 9.17) is 9.47 Å². The van der Waals surface area contributed by atoms with Crippen molar-refractivity contribution < 1.29 is 19.1 Å². The summed E-state index contributed by atoms with van der Waals surface area (Å²) in [6.45, 7) is 8.85. The standard InChI is InChI=1S/C13H26N2O4/c1-6-15(9-11(16)14-13(2,3)4)12(17)10-19-8-7-18-5/h6-10H2,1-5H3,(H,14,16). The van der Waals surface area contributed by atoms with Gasteiger partial charge in [-0.15, -0.1) is 0 Å². The molecule has 0 aliphatic heterocycles. The number of amides is 2. The van der Waals surface area contributed by atoms with Gasteiger partial charge in [0.05, 0.1) is 19.8 Å². The largest absolute Gasteiger partial charge is 0.382 e. The highest BCUT2D eigenvalue weighted by Gasteiger charge is 2.19. The Kier molecular flexibility index (Phi) is 8.34. The molecule has 0 unspecified atom stereocenters. The van der Waals surface area contributed by atoms with Crippen LogP contribution >= 0.6 is 0 Å². The van der Waals surface area contributed by atoms with Gasteiger partial charge in [-0.1, -0.05) is 0 Å². The molecule has 0 aliphatic rings. The summed E-state index contributed by atoms with van der Waals surface area (Å²) in [6.07, 6.45) is 0. The number of nitrogens with zero attached hydrogens (tertiary/aromatic N) is 1. The minimum atomic E-state index is -0.297. The Labute approximate surface area is 115 Å². The maximum absolute atomic E-state index is 11.8. The molecule has 0 bridgehead atoms. The molecule has 0 heterocycles. The summed E-state index contributed by atoms with van der Waals surface area (Å²) >= 11 is 0. The van der Waals surface area contributed by atoms with Crippen molar-refractivity contribution in [2.24, 2.45) is 0 Å². The lowest BCUT2D eigenvalue weighted by Crippen LogP contribution is -2.48. The van der Waals surface area contributed by atoms with Gasteiger partial charge in [0.1, 0.15) is 6.61 Å². The number of carbonyl (C=O) groups excluding carboxylic acids is 2. The van der Waals surface area contributed by atoms with E-state index in [2.05, 4.69) is 5.32 Å². The van der Waals surface area contributed by atoms with E-state index in [9.17, 15) is 9.59 Å². The molecule has 0 rings (SSSR count). The molecule has 0 aliphatic carbocycles. The van der Waals surface area contributed by atoms with Gasteiger partial charge in [0.25, 0.3) is 0 Å². The molecule has 112 valence electrons. The lowest BCUT2D eigenvalue weighted by Gasteiger charge is -2.25. The van der Waals surface area contributed by atoms with Crippen LogP contribution in [0.1, 0.15) is 27.7 Å². The molecule has 6 nitrogen and oxygen atoms in total. The van der Waals surface area contributed by atoms with Crippen molar-refractivity contribution in [1.29, 1.82) is 0 Å². The van der Waals surface area contributed by atoms with Crippen LogP contribution in [0.2, 0.25) is 0 Å². The first kappa shape index (κ1) is 17.9. The van der Waals surface area contributed by atoms with Crippen molar-refractivity contribution >= 4 is 11.8 Å². The second-order valence-electron chi connectivity index (χ2n) is 5.25. The van der Waals surface area contributed by atoms with Gasteiger partial charge in [0.15, 0.2) is 0 Å². The average molecular weight is 274 g/mol. The monoisotopic (exact) mass is 274 g/mol. The summed E-state index contributed by atoms with van der Waals surface area (Å²) in [4.78, 5) is 25.0. The predicted molar refractivity (Wildman–Crippen MR) is 72.8 cm³/mol. The van der Waals surface area contributed by atoms with Crippen molar-refractivity contribution in [3.8, 4) is 0 Å². The molecular formula is C13H26N2O4. The first-order chi connectivity index (χ1) is 8.80. The van der Waals surface area contributed by atoms with Crippen molar-refractivity contribution in [2.75, 3.05) is 40.0 Å². The van der Waals surface area contributed by atoms with Crippen LogP contribution in [0.4, 0.5) is 0 Å². The van der Waals surface area contributed by atoms with E-state index < -0.39 is 0 Å². The summed E-state index contributed by atoms with van der Waals surface area (Å²) in [5, 5.41) is 2.82. The Bertz CT molecular complexity index is 287. The minimum absolute atomic E-state index is 0.0278. The van der Waals surface area contributed by atoms with Crippen LogP contribution in [-0.2, 0) is 19.1 Å². The molecule has 0 saturated carbocycles. The van der Waals surface area contributed by atoms with Gasteiger partial charge in [-0.2, -0.15) is 0 Å². The molecule has 0 atom stereocenters. The van der Waals surface area contributed by atoms with Crippen molar-refractivity contribution in [3.63, 3.8) is 0 Å². The van der Waals surface area contributed by atoms with E-state index in [0.29, 0.717) is 19.8 Å². The molecule has 2 amide bonds. The third kappa shape index (κ3) is 9.44. The Balaban J connectivity index is 4.11. The fourth-order valence-electron chi connectivity index (χ4n) is 1.40. The molecule has 0 saturated heterocycles. The summed E-state index contributed by atoms with van der Waals surface area (Å²) in [6, 6.07) is 0. The van der Waals surface area contributed by atoms with Gasteiger partial charge in [-0.25, -0.2) is 0 Å².